The minimum absolute atomic E-state index is 0.114. The van der Waals surface area contributed by atoms with Gasteiger partial charge < -0.3 is 5.11 Å². The molecule has 0 bridgehead atoms. The fraction of sp³-hybridized carbons (Fsp3) is 0.941. The van der Waals surface area contributed by atoms with Gasteiger partial charge in [0.05, 0.1) is 5.92 Å². The molecule has 1 aliphatic heterocycles. The van der Waals surface area contributed by atoms with Gasteiger partial charge in [-0.2, -0.15) is 0 Å². The normalized spacial score (nSPS) is 28.7. The molecule has 1 aliphatic carbocycles. The van der Waals surface area contributed by atoms with Crippen molar-refractivity contribution in [3.63, 3.8) is 0 Å². The number of carboxylic acids is 1. The lowest BCUT2D eigenvalue weighted by molar-refractivity contribution is -0.141. The summed E-state index contributed by atoms with van der Waals surface area (Å²) in [4.78, 5) is 13.6. The number of carbonyl (C=O) groups is 1. The zero-order chi connectivity index (χ0) is 14.2. The van der Waals surface area contributed by atoms with E-state index >= 15 is 0 Å². The van der Waals surface area contributed by atoms with Gasteiger partial charge in [-0.1, -0.05) is 57.8 Å². The average Bonchev–Trinajstić information content (AvgIpc) is 2.89. The molecule has 1 saturated carbocycles. The Morgan fingerprint density at radius 3 is 1.75 bits per heavy atom. The second-order valence-corrected chi connectivity index (χ2v) is 6.73. The van der Waals surface area contributed by atoms with E-state index in [2.05, 4.69) is 4.90 Å². The molecule has 2 aliphatic rings. The Bertz CT molecular complexity index is 281. The maximum absolute atomic E-state index is 11.1. The Balaban J connectivity index is 1.81. The molecule has 0 amide bonds. The average molecular weight is 281 g/mol. The van der Waals surface area contributed by atoms with Crippen LogP contribution in [0.25, 0.3) is 0 Å². The van der Waals surface area contributed by atoms with E-state index < -0.39 is 5.97 Å². The maximum Gasteiger partial charge on any atom is 0.307 e. The van der Waals surface area contributed by atoms with Gasteiger partial charge in [0, 0.05) is 12.6 Å². The number of carboxylic acid groups (broad SMARTS) is 1. The quantitative estimate of drug-likeness (QED) is 0.829. The number of likely N-dealkylation sites (tertiary alicyclic amines) is 1. The molecule has 1 heterocycles. The van der Waals surface area contributed by atoms with Gasteiger partial charge in [-0.05, 0) is 25.8 Å². The fourth-order valence-electron chi connectivity index (χ4n) is 3.83. The van der Waals surface area contributed by atoms with Crippen LogP contribution in [-0.2, 0) is 4.79 Å². The maximum atomic E-state index is 11.1. The first-order chi connectivity index (χ1) is 9.77. The molecule has 3 nitrogen and oxygen atoms in total. The fourth-order valence-corrected chi connectivity index (χ4v) is 3.83. The summed E-state index contributed by atoms with van der Waals surface area (Å²) in [5.41, 5.74) is 0. The Hall–Kier alpha value is -0.570. The van der Waals surface area contributed by atoms with Crippen LogP contribution in [0.4, 0.5) is 0 Å². The summed E-state index contributed by atoms with van der Waals surface area (Å²) >= 11 is 0. The van der Waals surface area contributed by atoms with Crippen molar-refractivity contribution in [2.24, 2.45) is 5.92 Å². The highest BCUT2D eigenvalue weighted by atomic mass is 16.4. The molecule has 0 radical (unpaired) electrons. The Morgan fingerprint density at radius 1 is 0.800 bits per heavy atom. The first-order valence-corrected chi connectivity index (χ1v) is 8.74. The second kappa shape index (κ2) is 8.66. The SMILES string of the molecule is O=C(O)C1CCN(C2CCCCCCCCCCC2)C1. The van der Waals surface area contributed by atoms with Crippen molar-refractivity contribution in [2.75, 3.05) is 13.1 Å². The summed E-state index contributed by atoms with van der Waals surface area (Å²) in [7, 11) is 0. The van der Waals surface area contributed by atoms with Crippen molar-refractivity contribution in [3.05, 3.63) is 0 Å². The summed E-state index contributed by atoms with van der Waals surface area (Å²) in [5, 5.41) is 9.15. The van der Waals surface area contributed by atoms with E-state index in [0.29, 0.717) is 6.04 Å². The highest BCUT2D eigenvalue weighted by Crippen LogP contribution is 2.25. The molecule has 2 rings (SSSR count). The predicted octanol–water partition coefficient (Wildman–Crippen LogP) is 4.07. The summed E-state index contributed by atoms with van der Waals surface area (Å²) < 4.78 is 0. The summed E-state index contributed by atoms with van der Waals surface area (Å²) in [6, 6.07) is 0.652. The van der Waals surface area contributed by atoms with E-state index in [9.17, 15) is 4.79 Å². The lowest BCUT2D eigenvalue weighted by Crippen LogP contribution is -2.34. The lowest BCUT2D eigenvalue weighted by atomic mass is 9.97. The van der Waals surface area contributed by atoms with Crippen molar-refractivity contribution >= 4 is 5.97 Å². The predicted molar refractivity (Wildman–Crippen MR) is 81.9 cm³/mol. The van der Waals surface area contributed by atoms with Crippen molar-refractivity contribution < 1.29 is 9.90 Å². The number of nitrogens with zero attached hydrogens (tertiary/aromatic N) is 1. The van der Waals surface area contributed by atoms with E-state index in [1.54, 1.807) is 0 Å². The standard InChI is InChI=1S/C17H31NO2/c19-17(20)15-12-13-18(14-15)16-10-8-6-4-2-1-3-5-7-9-11-16/h15-16H,1-14H2,(H,19,20). The van der Waals surface area contributed by atoms with Gasteiger partial charge in [-0.3, -0.25) is 9.69 Å². The van der Waals surface area contributed by atoms with E-state index in [-0.39, 0.29) is 5.92 Å². The molecule has 20 heavy (non-hydrogen) atoms. The van der Waals surface area contributed by atoms with Crippen molar-refractivity contribution in [3.8, 4) is 0 Å². The molecule has 0 spiro atoms. The van der Waals surface area contributed by atoms with E-state index in [1.165, 1.54) is 70.6 Å². The third-order valence-electron chi connectivity index (χ3n) is 5.16. The Morgan fingerprint density at radius 2 is 1.30 bits per heavy atom. The first-order valence-electron chi connectivity index (χ1n) is 8.74. The van der Waals surface area contributed by atoms with Crippen molar-refractivity contribution in [2.45, 2.75) is 83.1 Å². The van der Waals surface area contributed by atoms with Crippen LogP contribution in [0.2, 0.25) is 0 Å². The van der Waals surface area contributed by atoms with Crippen LogP contribution < -0.4 is 0 Å². The molecule has 1 unspecified atom stereocenters. The largest absolute Gasteiger partial charge is 0.481 e. The topological polar surface area (TPSA) is 40.5 Å². The van der Waals surface area contributed by atoms with Gasteiger partial charge in [0.15, 0.2) is 0 Å². The van der Waals surface area contributed by atoms with Crippen LogP contribution in [0.3, 0.4) is 0 Å². The van der Waals surface area contributed by atoms with Crippen LogP contribution >= 0.6 is 0 Å². The third kappa shape index (κ3) is 5.08. The third-order valence-corrected chi connectivity index (χ3v) is 5.16. The van der Waals surface area contributed by atoms with Gasteiger partial charge in [-0.25, -0.2) is 0 Å². The van der Waals surface area contributed by atoms with Gasteiger partial charge in [0.1, 0.15) is 0 Å². The summed E-state index contributed by atoms with van der Waals surface area (Å²) in [6.07, 6.45) is 15.9. The minimum atomic E-state index is -0.597. The molecule has 1 N–H and O–H groups in total. The van der Waals surface area contributed by atoms with Crippen LogP contribution in [0, 0.1) is 5.92 Å². The molecular formula is C17H31NO2. The van der Waals surface area contributed by atoms with Crippen molar-refractivity contribution in [1.29, 1.82) is 0 Å². The molecule has 0 aromatic heterocycles. The van der Waals surface area contributed by atoms with Gasteiger partial charge >= 0.3 is 5.97 Å². The molecule has 116 valence electrons. The first kappa shape index (κ1) is 15.8. The number of aliphatic carboxylic acids is 1. The molecule has 0 aromatic rings. The smallest absolute Gasteiger partial charge is 0.307 e. The number of hydrogen-bond acceptors (Lipinski definition) is 2. The van der Waals surface area contributed by atoms with Gasteiger partial charge in [0.25, 0.3) is 0 Å². The van der Waals surface area contributed by atoms with Gasteiger partial charge in [0.2, 0.25) is 0 Å². The molecule has 1 atom stereocenters. The molecule has 1 saturated heterocycles. The zero-order valence-electron chi connectivity index (χ0n) is 12.9. The minimum Gasteiger partial charge on any atom is -0.481 e. The van der Waals surface area contributed by atoms with Crippen LogP contribution in [0.15, 0.2) is 0 Å². The second-order valence-electron chi connectivity index (χ2n) is 6.73. The monoisotopic (exact) mass is 281 g/mol. The molecular weight excluding hydrogens is 250 g/mol. The van der Waals surface area contributed by atoms with Crippen LogP contribution in [0.1, 0.15) is 77.0 Å². The highest BCUT2D eigenvalue weighted by Gasteiger charge is 2.31. The number of rotatable bonds is 2. The Kier molecular flexibility index (Phi) is 6.85. The van der Waals surface area contributed by atoms with Crippen LogP contribution in [-0.4, -0.2) is 35.1 Å². The van der Waals surface area contributed by atoms with Crippen LogP contribution in [0.5, 0.6) is 0 Å². The summed E-state index contributed by atoms with van der Waals surface area (Å²) in [5.74, 6) is -0.711. The summed E-state index contributed by atoms with van der Waals surface area (Å²) in [6.45, 7) is 1.79. The Labute approximate surface area is 123 Å². The molecule has 3 heteroatoms. The van der Waals surface area contributed by atoms with E-state index in [0.717, 1.165) is 19.5 Å². The number of hydrogen-bond donors (Lipinski definition) is 1. The zero-order valence-corrected chi connectivity index (χ0v) is 12.9. The van der Waals surface area contributed by atoms with Crippen molar-refractivity contribution in [1.82, 2.24) is 4.90 Å². The van der Waals surface area contributed by atoms with Gasteiger partial charge in [-0.15, -0.1) is 0 Å². The molecule has 2 fully saturated rings. The van der Waals surface area contributed by atoms with E-state index in [4.69, 9.17) is 5.11 Å². The highest BCUT2D eigenvalue weighted by molar-refractivity contribution is 5.70. The molecule has 0 aromatic carbocycles. The lowest BCUT2D eigenvalue weighted by Gasteiger charge is -2.28. The van der Waals surface area contributed by atoms with E-state index in [1.807, 2.05) is 0 Å².